The first kappa shape index (κ1) is 25.0. The van der Waals surface area contributed by atoms with Gasteiger partial charge >= 0.3 is 0 Å². The minimum Gasteiger partial charge on any atom is -0.396 e. The summed E-state index contributed by atoms with van der Waals surface area (Å²) in [5.41, 5.74) is 3.55. The summed E-state index contributed by atoms with van der Waals surface area (Å²) < 4.78 is 27.3. The second kappa shape index (κ2) is 10.3. The van der Waals surface area contributed by atoms with Crippen molar-refractivity contribution in [3.05, 3.63) is 66.6 Å². The number of aliphatic hydroxyl groups excluding tert-OH is 1. The van der Waals surface area contributed by atoms with Crippen LogP contribution in [-0.4, -0.2) is 66.0 Å². The van der Waals surface area contributed by atoms with Crippen LogP contribution in [0.4, 0.5) is 23.1 Å². The monoisotopic (exact) mass is 521 g/mol. The number of sulfonamides is 1. The SMILES string of the molecule is CN(c1ncccc1Cn1ccc2cnc(Nc3ccc(N4CCC(CO)CC4)cc3)nc21)S(C)(=O)=O. The van der Waals surface area contributed by atoms with E-state index in [2.05, 4.69) is 32.3 Å². The summed E-state index contributed by atoms with van der Waals surface area (Å²) in [6.07, 6.45) is 8.45. The van der Waals surface area contributed by atoms with Crippen LogP contribution in [-0.2, 0) is 16.6 Å². The molecule has 0 unspecified atom stereocenters. The Morgan fingerprint density at radius 3 is 2.57 bits per heavy atom. The van der Waals surface area contributed by atoms with Crippen molar-refractivity contribution in [1.82, 2.24) is 19.5 Å². The second-order valence-electron chi connectivity index (χ2n) is 9.42. The van der Waals surface area contributed by atoms with Gasteiger partial charge in [0.05, 0.1) is 12.8 Å². The molecule has 3 aromatic heterocycles. The van der Waals surface area contributed by atoms with E-state index in [1.807, 2.05) is 35.0 Å². The minimum absolute atomic E-state index is 0.269. The quantitative estimate of drug-likeness (QED) is 0.363. The number of anilines is 4. The minimum atomic E-state index is -3.44. The molecule has 1 aliphatic rings. The number of hydrogen-bond acceptors (Lipinski definition) is 8. The molecule has 0 atom stereocenters. The lowest BCUT2D eigenvalue weighted by atomic mass is 9.97. The molecule has 1 aliphatic heterocycles. The number of pyridine rings is 1. The predicted octanol–water partition coefficient (Wildman–Crippen LogP) is 3.22. The van der Waals surface area contributed by atoms with Crippen molar-refractivity contribution in [2.24, 2.45) is 5.92 Å². The molecule has 37 heavy (non-hydrogen) atoms. The highest BCUT2D eigenvalue weighted by Gasteiger charge is 2.19. The average Bonchev–Trinajstić information content (AvgIpc) is 3.30. The van der Waals surface area contributed by atoms with E-state index in [0.717, 1.165) is 54.5 Å². The molecule has 2 N–H and O–H groups in total. The first-order valence-corrected chi connectivity index (χ1v) is 14.1. The molecule has 0 amide bonds. The summed E-state index contributed by atoms with van der Waals surface area (Å²) in [5.74, 6) is 1.28. The first-order valence-electron chi connectivity index (χ1n) is 12.2. The predicted molar refractivity (Wildman–Crippen MR) is 146 cm³/mol. The van der Waals surface area contributed by atoms with Crippen molar-refractivity contribution >= 4 is 44.2 Å². The van der Waals surface area contributed by atoms with Gasteiger partial charge in [-0.1, -0.05) is 6.07 Å². The lowest BCUT2D eigenvalue weighted by molar-refractivity contribution is 0.203. The number of piperidine rings is 1. The Morgan fingerprint density at radius 1 is 1.11 bits per heavy atom. The third-order valence-electron chi connectivity index (χ3n) is 6.87. The topological polar surface area (TPSA) is 116 Å². The number of benzene rings is 1. The Hall–Kier alpha value is -3.70. The zero-order valence-corrected chi connectivity index (χ0v) is 21.8. The number of aromatic nitrogens is 4. The molecule has 4 heterocycles. The molecule has 4 aromatic rings. The summed E-state index contributed by atoms with van der Waals surface area (Å²) in [6, 6.07) is 13.8. The smallest absolute Gasteiger partial charge is 0.233 e. The zero-order chi connectivity index (χ0) is 26.0. The van der Waals surface area contributed by atoms with Crippen molar-refractivity contribution in [3.63, 3.8) is 0 Å². The summed E-state index contributed by atoms with van der Waals surface area (Å²) in [7, 11) is -1.94. The molecular formula is C26H31N7O3S. The van der Waals surface area contributed by atoms with E-state index in [0.29, 0.717) is 24.2 Å². The molecule has 0 spiro atoms. The number of nitrogens with zero attached hydrogens (tertiary/aromatic N) is 6. The third-order valence-corrected chi connectivity index (χ3v) is 8.04. The third kappa shape index (κ3) is 5.52. The van der Waals surface area contributed by atoms with Crippen molar-refractivity contribution in [3.8, 4) is 0 Å². The highest BCUT2D eigenvalue weighted by Crippen LogP contribution is 2.26. The van der Waals surface area contributed by atoms with E-state index in [4.69, 9.17) is 4.98 Å². The van der Waals surface area contributed by atoms with Gasteiger partial charge in [0.2, 0.25) is 16.0 Å². The van der Waals surface area contributed by atoms with Gasteiger partial charge in [0, 0.05) is 67.7 Å². The number of rotatable bonds is 8. The maximum Gasteiger partial charge on any atom is 0.233 e. The molecule has 5 rings (SSSR count). The summed E-state index contributed by atoms with van der Waals surface area (Å²) in [4.78, 5) is 15.8. The fraction of sp³-hybridized carbons (Fsp3) is 0.346. The molecule has 1 aromatic carbocycles. The molecular weight excluding hydrogens is 490 g/mol. The summed E-state index contributed by atoms with van der Waals surface area (Å²) >= 11 is 0. The highest BCUT2D eigenvalue weighted by molar-refractivity contribution is 7.92. The largest absolute Gasteiger partial charge is 0.396 e. The fourth-order valence-electron chi connectivity index (χ4n) is 4.59. The highest BCUT2D eigenvalue weighted by atomic mass is 32.2. The Labute approximate surface area is 216 Å². The molecule has 194 valence electrons. The molecule has 1 saturated heterocycles. The van der Waals surface area contributed by atoms with Gasteiger partial charge in [-0.3, -0.25) is 4.31 Å². The van der Waals surface area contributed by atoms with Crippen molar-refractivity contribution in [2.75, 3.05) is 47.5 Å². The van der Waals surface area contributed by atoms with Gasteiger partial charge < -0.3 is 19.9 Å². The van der Waals surface area contributed by atoms with E-state index < -0.39 is 10.0 Å². The maximum absolute atomic E-state index is 12.1. The van der Waals surface area contributed by atoms with E-state index in [9.17, 15) is 13.5 Å². The molecule has 11 heteroatoms. The van der Waals surface area contributed by atoms with Gasteiger partial charge in [-0.15, -0.1) is 0 Å². The van der Waals surface area contributed by atoms with Gasteiger partial charge in [-0.2, -0.15) is 4.98 Å². The molecule has 10 nitrogen and oxygen atoms in total. The number of aliphatic hydroxyl groups is 1. The molecule has 0 saturated carbocycles. The van der Waals surface area contributed by atoms with Crippen LogP contribution < -0.4 is 14.5 Å². The van der Waals surface area contributed by atoms with Crippen LogP contribution >= 0.6 is 0 Å². The maximum atomic E-state index is 12.1. The average molecular weight is 522 g/mol. The summed E-state index contributed by atoms with van der Waals surface area (Å²) in [6.45, 7) is 2.58. The zero-order valence-electron chi connectivity index (χ0n) is 20.9. The van der Waals surface area contributed by atoms with Gasteiger partial charge in [0.15, 0.2) is 0 Å². The number of fused-ring (bicyclic) bond motifs is 1. The normalized spacial score (nSPS) is 14.7. The Kier molecular flexibility index (Phi) is 6.98. The number of nitrogens with one attached hydrogen (secondary N) is 1. The van der Waals surface area contributed by atoms with Crippen LogP contribution in [0.25, 0.3) is 11.0 Å². The van der Waals surface area contributed by atoms with Crippen molar-refractivity contribution in [1.29, 1.82) is 0 Å². The van der Waals surface area contributed by atoms with Gasteiger partial charge in [-0.25, -0.2) is 18.4 Å². The molecule has 1 fully saturated rings. The van der Waals surface area contributed by atoms with Crippen LogP contribution in [0.3, 0.4) is 0 Å². The second-order valence-corrected chi connectivity index (χ2v) is 11.4. The molecule has 0 aliphatic carbocycles. The standard InChI is InChI=1S/C26H31N7O3S/c1-31(37(2,35)36)24-21(4-3-12-27-24)17-33-15-11-20-16-28-26(30-25(20)33)29-22-5-7-23(8-6-22)32-13-9-19(18-34)10-14-32/h3-8,11-12,15-16,19,34H,9-10,13-14,17-18H2,1-2H3,(H,28,29,30). The van der Waals surface area contributed by atoms with Gasteiger partial charge in [-0.05, 0) is 55.2 Å². The van der Waals surface area contributed by atoms with Crippen LogP contribution in [0, 0.1) is 5.92 Å². The lowest BCUT2D eigenvalue weighted by Crippen LogP contribution is -2.34. The Balaban J connectivity index is 1.33. The van der Waals surface area contributed by atoms with Gasteiger partial charge in [0.1, 0.15) is 11.5 Å². The van der Waals surface area contributed by atoms with Crippen molar-refractivity contribution < 1.29 is 13.5 Å². The van der Waals surface area contributed by atoms with Crippen LogP contribution in [0.5, 0.6) is 0 Å². The molecule has 0 radical (unpaired) electrons. The van der Waals surface area contributed by atoms with E-state index in [-0.39, 0.29) is 6.61 Å². The fourth-order valence-corrected chi connectivity index (χ4v) is 5.07. The van der Waals surface area contributed by atoms with Crippen molar-refractivity contribution in [2.45, 2.75) is 19.4 Å². The van der Waals surface area contributed by atoms with Crippen LogP contribution in [0.15, 0.2) is 61.1 Å². The van der Waals surface area contributed by atoms with Gasteiger partial charge in [0.25, 0.3) is 0 Å². The summed E-state index contributed by atoms with van der Waals surface area (Å²) in [5, 5.41) is 13.5. The van der Waals surface area contributed by atoms with E-state index >= 15 is 0 Å². The van der Waals surface area contributed by atoms with E-state index in [1.165, 1.54) is 17.0 Å². The van der Waals surface area contributed by atoms with E-state index in [1.54, 1.807) is 18.5 Å². The van der Waals surface area contributed by atoms with Crippen LogP contribution in [0.2, 0.25) is 0 Å². The Morgan fingerprint density at radius 2 is 1.86 bits per heavy atom. The van der Waals surface area contributed by atoms with Crippen LogP contribution in [0.1, 0.15) is 18.4 Å². The number of hydrogen-bond donors (Lipinski definition) is 2. The first-order chi connectivity index (χ1) is 17.8. The Bertz CT molecular complexity index is 1480. The lowest BCUT2D eigenvalue weighted by Gasteiger charge is -2.32. The molecule has 0 bridgehead atoms.